The first-order valence-electron chi connectivity index (χ1n) is 7.54. The molecule has 1 saturated carbocycles. The van der Waals surface area contributed by atoms with Crippen LogP contribution in [0.5, 0.6) is 0 Å². The van der Waals surface area contributed by atoms with Crippen molar-refractivity contribution in [3.05, 3.63) is 24.0 Å². The van der Waals surface area contributed by atoms with E-state index in [0.29, 0.717) is 5.92 Å². The molecule has 0 radical (unpaired) electrons. The van der Waals surface area contributed by atoms with E-state index >= 15 is 0 Å². The monoisotopic (exact) mass is 289 g/mol. The Bertz CT molecular complexity index is 587. The molecule has 0 saturated heterocycles. The number of rotatable bonds is 7. The second-order valence-electron chi connectivity index (χ2n) is 5.70. The van der Waals surface area contributed by atoms with Crippen LogP contribution in [0.1, 0.15) is 43.8 Å². The molecule has 2 aromatic rings. The van der Waals surface area contributed by atoms with Crippen molar-refractivity contribution in [2.75, 3.05) is 17.7 Å². The number of anilines is 1. The summed E-state index contributed by atoms with van der Waals surface area (Å²) in [6.45, 7) is 1.10. The molecule has 2 N–H and O–H groups in total. The Kier molecular flexibility index (Phi) is 4.20. The molecule has 4 heteroatoms. The number of aryl methyl sites for hydroxylation is 1. The summed E-state index contributed by atoms with van der Waals surface area (Å²) in [5.74, 6) is 3.25. The summed E-state index contributed by atoms with van der Waals surface area (Å²) in [5, 5.41) is 0. The Morgan fingerprint density at radius 1 is 1.30 bits per heavy atom. The second-order valence-corrected chi connectivity index (χ2v) is 6.68. The zero-order valence-electron chi connectivity index (χ0n) is 12.1. The standard InChI is InChI=1S/C16H23N3S/c1-20-10-4-2-3-9-19-15-8-7-13(17)11-14(15)18-16(19)12-5-6-12/h7-8,11-12H,2-6,9-10,17H2,1H3. The minimum Gasteiger partial charge on any atom is -0.399 e. The van der Waals surface area contributed by atoms with Gasteiger partial charge in [-0.15, -0.1) is 0 Å². The minimum absolute atomic E-state index is 0.690. The lowest BCUT2D eigenvalue weighted by molar-refractivity contribution is 0.594. The van der Waals surface area contributed by atoms with Crippen LogP contribution in [-0.2, 0) is 6.54 Å². The molecule has 3 nitrogen and oxygen atoms in total. The zero-order valence-corrected chi connectivity index (χ0v) is 13.0. The molecule has 0 unspecified atom stereocenters. The predicted molar refractivity (Wildman–Crippen MR) is 88.4 cm³/mol. The van der Waals surface area contributed by atoms with Gasteiger partial charge < -0.3 is 10.3 Å². The van der Waals surface area contributed by atoms with Crippen LogP contribution < -0.4 is 5.73 Å². The van der Waals surface area contributed by atoms with E-state index < -0.39 is 0 Å². The normalized spacial score (nSPS) is 15.1. The number of nitrogens with zero attached hydrogens (tertiary/aromatic N) is 2. The molecule has 1 aliphatic rings. The first-order valence-corrected chi connectivity index (χ1v) is 8.93. The molecule has 108 valence electrons. The van der Waals surface area contributed by atoms with Crippen molar-refractivity contribution >= 4 is 28.5 Å². The Morgan fingerprint density at radius 3 is 2.90 bits per heavy atom. The Labute approximate surface area is 124 Å². The molecule has 1 aromatic carbocycles. The van der Waals surface area contributed by atoms with Gasteiger partial charge >= 0.3 is 0 Å². The number of aromatic nitrogens is 2. The average Bonchev–Trinajstić information content (AvgIpc) is 3.22. The summed E-state index contributed by atoms with van der Waals surface area (Å²) in [6.07, 6.45) is 8.64. The van der Waals surface area contributed by atoms with Gasteiger partial charge in [0, 0.05) is 18.2 Å². The molecule has 0 amide bonds. The molecule has 1 aliphatic carbocycles. The van der Waals surface area contributed by atoms with Crippen LogP contribution in [0.4, 0.5) is 5.69 Å². The van der Waals surface area contributed by atoms with Gasteiger partial charge in [-0.2, -0.15) is 11.8 Å². The topological polar surface area (TPSA) is 43.8 Å². The van der Waals surface area contributed by atoms with Gasteiger partial charge in [-0.3, -0.25) is 0 Å². The lowest BCUT2D eigenvalue weighted by atomic mass is 10.2. The maximum atomic E-state index is 5.88. The molecular formula is C16H23N3S. The van der Waals surface area contributed by atoms with Crippen LogP contribution >= 0.6 is 11.8 Å². The SMILES string of the molecule is CSCCCCCn1c(C2CC2)nc2cc(N)ccc21. The van der Waals surface area contributed by atoms with Crippen LogP contribution in [-0.4, -0.2) is 21.6 Å². The van der Waals surface area contributed by atoms with Crippen LogP contribution in [0.25, 0.3) is 11.0 Å². The maximum Gasteiger partial charge on any atom is 0.112 e. The highest BCUT2D eigenvalue weighted by Crippen LogP contribution is 2.41. The highest BCUT2D eigenvalue weighted by atomic mass is 32.2. The second kappa shape index (κ2) is 6.08. The smallest absolute Gasteiger partial charge is 0.112 e. The summed E-state index contributed by atoms with van der Waals surface area (Å²) < 4.78 is 2.44. The summed E-state index contributed by atoms with van der Waals surface area (Å²) in [7, 11) is 0. The summed E-state index contributed by atoms with van der Waals surface area (Å²) in [6, 6.07) is 6.13. The lowest BCUT2D eigenvalue weighted by Gasteiger charge is -2.08. The summed E-state index contributed by atoms with van der Waals surface area (Å²) >= 11 is 1.94. The summed E-state index contributed by atoms with van der Waals surface area (Å²) in [4.78, 5) is 4.83. The predicted octanol–water partition coefficient (Wildman–Crippen LogP) is 4.03. The number of unbranched alkanes of at least 4 members (excludes halogenated alkanes) is 2. The van der Waals surface area contributed by atoms with E-state index in [0.717, 1.165) is 17.7 Å². The van der Waals surface area contributed by atoms with Crippen LogP contribution in [0.2, 0.25) is 0 Å². The highest BCUT2D eigenvalue weighted by Gasteiger charge is 2.29. The van der Waals surface area contributed by atoms with Gasteiger partial charge in [0.15, 0.2) is 0 Å². The number of hydrogen-bond acceptors (Lipinski definition) is 3. The molecule has 0 spiro atoms. The van der Waals surface area contributed by atoms with E-state index in [2.05, 4.69) is 16.9 Å². The van der Waals surface area contributed by atoms with Gasteiger partial charge in [0.25, 0.3) is 0 Å². The van der Waals surface area contributed by atoms with Crippen LogP contribution in [0.15, 0.2) is 18.2 Å². The van der Waals surface area contributed by atoms with Gasteiger partial charge in [-0.05, 0) is 55.9 Å². The van der Waals surface area contributed by atoms with Crippen molar-refractivity contribution in [2.45, 2.75) is 44.6 Å². The van der Waals surface area contributed by atoms with Gasteiger partial charge in [0.1, 0.15) is 5.82 Å². The highest BCUT2D eigenvalue weighted by molar-refractivity contribution is 7.98. The number of hydrogen-bond donors (Lipinski definition) is 1. The van der Waals surface area contributed by atoms with Crippen LogP contribution in [0, 0.1) is 0 Å². The van der Waals surface area contributed by atoms with Crippen molar-refractivity contribution in [3.8, 4) is 0 Å². The van der Waals surface area contributed by atoms with Gasteiger partial charge in [0.05, 0.1) is 11.0 Å². The van der Waals surface area contributed by atoms with Crippen molar-refractivity contribution < 1.29 is 0 Å². The Hall–Kier alpha value is -1.16. The maximum absolute atomic E-state index is 5.88. The third-order valence-corrected chi connectivity index (χ3v) is 4.67. The molecule has 1 heterocycles. The number of nitrogens with two attached hydrogens (primary N) is 1. The van der Waals surface area contributed by atoms with Gasteiger partial charge in [0.2, 0.25) is 0 Å². The first kappa shape index (κ1) is 13.8. The van der Waals surface area contributed by atoms with Gasteiger partial charge in [-0.25, -0.2) is 4.98 Å². The van der Waals surface area contributed by atoms with E-state index in [-0.39, 0.29) is 0 Å². The van der Waals surface area contributed by atoms with Crippen molar-refractivity contribution in [1.82, 2.24) is 9.55 Å². The molecule has 1 fully saturated rings. The fourth-order valence-electron chi connectivity index (χ4n) is 2.75. The molecule has 0 bridgehead atoms. The van der Waals surface area contributed by atoms with E-state index in [1.165, 1.54) is 49.2 Å². The quantitative estimate of drug-likeness (QED) is 0.618. The largest absolute Gasteiger partial charge is 0.399 e. The number of fused-ring (bicyclic) bond motifs is 1. The van der Waals surface area contributed by atoms with Crippen molar-refractivity contribution in [1.29, 1.82) is 0 Å². The molecule has 3 rings (SSSR count). The Balaban J connectivity index is 1.78. The third kappa shape index (κ3) is 2.95. The first-order chi connectivity index (χ1) is 9.79. The van der Waals surface area contributed by atoms with Crippen molar-refractivity contribution in [2.24, 2.45) is 0 Å². The fourth-order valence-corrected chi connectivity index (χ4v) is 3.24. The number of thioether (sulfide) groups is 1. The molecule has 0 atom stereocenters. The van der Waals surface area contributed by atoms with E-state index in [1.54, 1.807) is 0 Å². The van der Waals surface area contributed by atoms with Gasteiger partial charge in [-0.1, -0.05) is 6.42 Å². The molecular weight excluding hydrogens is 266 g/mol. The molecule has 0 aliphatic heterocycles. The molecule has 1 aromatic heterocycles. The fraction of sp³-hybridized carbons (Fsp3) is 0.562. The zero-order chi connectivity index (χ0) is 13.9. The van der Waals surface area contributed by atoms with Crippen LogP contribution in [0.3, 0.4) is 0 Å². The number of benzene rings is 1. The average molecular weight is 289 g/mol. The summed E-state index contributed by atoms with van der Waals surface area (Å²) in [5.41, 5.74) is 9.01. The number of nitrogen functional groups attached to an aromatic ring is 1. The minimum atomic E-state index is 0.690. The Morgan fingerprint density at radius 2 is 2.15 bits per heavy atom. The van der Waals surface area contributed by atoms with Crippen molar-refractivity contribution in [3.63, 3.8) is 0 Å². The van der Waals surface area contributed by atoms with E-state index in [1.807, 2.05) is 23.9 Å². The molecule has 20 heavy (non-hydrogen) atoms. The lowest BCUT2D eigenvalue weighted by Crippen LogP contribution is -2.03. The number of imidazole rings is 1. The van der Waals surface area contributed by atoms with E-state index in [4.69, 9.17) is 10.7 Å². The van der Waals surface area contributed by atoms with E-state index in [9.17, 15) is 0 Å². The third-order valence-electron chi connectivity index (χ3n) is 3.97.